The number of fused-ring (bicyclic) bond motifs is 1. The Labute approximate surface area is 125 Å². The van der Waals surface area contributed by atoms with Crippen LogP contribution in [0.2, 0.25) is 0 Å². The van der Waals surface area contributed by atoms with Crippen LogP contribution in [0.25, 0.3) is 10.1 Å². The molecule has 2 aromatic heterocycles. The zero-order valence-corrected chi connectivity index (χ0v) is 11.9. The lowest BCUT2D eigenvalue weighted by molar-refractivity contribution is 0.0957. The standard InChI is InChI=1S/C15H12N4OS/c16-8-10-4-3-7-19(10)9-12-11-5-1-2-6-13(11)21-14(12)15(20)18-17/h1-7H,9,17H2,(H,18,20). The number of nitrogens with zero attached hydrogens (tertiary/aromatic N) is 2. The highest BCUT2D eigenvalue weighted by Crippen LogP contribution is 2.32. The third kappa shape index (κ3) is 2.29. The Balaban J connectivity index is 2.16. The normalized spacial score (nSPS) is 10.5. The van der Waals surface area contributed by atoms with E-state index in [1.54, 1.807) is 6.07 Å². The number of hydrazine groups is 1. The maximum atomic E-state index is 12.0. The van der Waals surface area contributed by atoms with E-state index in [9.17, 15) is 4.79 Å². The molecule has 0 atom stereocenters. The molecule has 0 aliphatic rings. The predicted molar refractivity (Wildman–Crippen MR) is 81.7 cm³/mol. The van der Waals surface area contributed by atoms with Crippen molar-refractivity contribution in [3.8, 4) is 6.07 Å². The lowest BCUT2D eigenvalue weighted by Crippen LogP contribution is -2.30. The van der Waals surface area contributed by atoms with Gasteiger partial charge in [-0.3, -0.25) is 10.2 Å². The number of carbonyl (C=O) groups is 1. The number of benzene rings is 1. The summed E-state index contributed by atoms with van der Waals surface area (Å²) in [6.07, 6.45) is 1.83. The molecule has 2 heterocycles. The molecule has 5 nitrogen and oxygen atoms in total. The predicted octanol–water partition coefficient (Wildman–Crippen LogP) is 2.23. The molecule has 0 radical (unpaired) electrons. The summed E-state index contributed by atoms with van der Waals surface area (Å²) in [5, 5.41) is 10.1. The number of nitrogen functional groups attached to an aromatic ring is 1. The molecule has 0 aliphatic heterocycles. The molecule has 1 amide bonds. The van der Waals surface area contributed by atoms with Crippen LogP contribution in [0.4, 0.5) is 0 Å². The summed E-state index contributed by atoms with van der Waals surface area (Å²) in [5.74, 6) is 4.96. The van der Waals surface area contributed by atoms with Gasteiger partial charge in [0.15, 0.2) is 0 Å². The topological polar surface area (TPSA) is 83.8 Å². The van der Waals surface area contributed by atoms with E-state index in [0.29, 0.717) is 17.1 Å². The summed E-state index contributed by atoms with van der Waals surface area (Å²) in [6.45, 7) is 0.461. The van der Waals surface area contributed by atoms with Crippen molar-refractivity contribution < 1.29 is 4.79 Å². The van der Waals surface area contributed by atoms with Gasteiger partial charge in [0, 0.05) is 16.5 Å². The monoisotopic (exact) mass is 296 g/mol. The van der Waals surface area contributed by atoms with Crippen LogP contribution in [0.1, 0.15) is 20.9 Å². The van der Waals surface area contributed by atoms with Gasteiger partial charge in [-0.25, -0.2) is 5.84 Å². The first-order valence-corrected chi connectivity index (χ1v) is 7.13. The van der Waals surface area contributed by atoms with Crippen LogP contribution in [-0.4, -0.2) is 10.5 Å². The van der Waals surface area contributed by atoms with Gasteiger partial charge in [-0.05, 0) is 23.6 Å². The van der Waals surface area contributed by atoms with E-state index in [1.807, 2.05) is 41.1 Å². The summed E-state index contributed by atoms with van der Waals surface area (Å²) in [7, 11) is 0. The van der Waals surface area contributed by atoms with Crippen LogP contribution in [0.15, 0.2) is 42.6 Å². The molecule has 0 saturated heterocycles. The van der Waals surface area contributed by atoms with Crippen molar-refractivity contribution in [2.75, 3.05) is 0 Å². The van der Waals surface area contributed by atoms with E-state index >= 15 is 0 Å². The van der Waals surface area contributed by atoms with Gasteiger partial charge in [-0.1, -0.05) is 18.2 Å². The van der Waals surface area contributed by atoms with Crippen LogP contribution in [0.5, 0.6) is 0 Å². The van der Waals surface area contributed by atoms with Gasteiger partial charge in [-0.2, -0.15) is 5.26 Å². The lowest BCUT2D eigenvalue weighted by Gasteiger charge is -2.07. The first kappa shape index (κ1) is 13.4. The second kappa shape index (κ2) is 5.40. The fourth-order valence-electron chi connectivity index (χ4n) is 2.33. The number of rotatable bonds is 3. The summed E-state index contributed by atoms with van der Waals surface area (Å²) >= 11 is 1.40. The molecule has 3 rings (SSSR count). The van der Waals surface area contributed by atoms with Crippen molar-refractivity contribution in [2.45, 2.75) is 6.54 Å². The highest BCUT2D eigenvalue weighted by atomic mass is 32.1. The molecular weight excluding hydrogens is 284 g/mol. The van der Waals surface area contributed by atoms with Crippen LogP contribution in [0, 0.1) is 11.3 Å². The highest BCUT2D eigenvalue weighted by molar-refractivity contribution is 7.21. The van der Waals surface area contributed by atoms with Crippen molar-refractivity contribution in [2.24, 2.45) is 5.84 Å². The molecule has 0 bridgehead atoms. The zero-order chi connectivity index (χ0) is 14.8. The van der Waals surface area contributed by atoms with E-state index < -0.39 is 0 Å². The van der Waals surface area contributed by atoms with Gasteiger partial charge in [0.05, 0.1) is 11.4 Å². The van der Waals surface area contributed by atoms with Crippen molar-refractivity contribution in [1.82, 2.24) is 9.99 Å². The molecule has 0 unspecified atom stereocenters. The minimum atomic E-state index is -0.308. The van der Waals surface area contributed by atoms with E-state index in [-0.39, 0.29) is 5.91 Å². The van der Waals surface area contributed by atoms with Crippen molar-refractivity contribution in [3.05, 3.63) is 58.7 Å². The number of nitrogens with one attached hydrogen (secondary N) is 1. The zero-order valence-electron chi connectivity index (χ0n) is 11.0. The van der Waals surface area contributed by atoms with Gasteiger partial charge < -0.3 is 4.57 Å². The molecule has 1 aromatic carbocycles. The molecule has 0 fully saturated rings. The number of aromatic nitrogens is 1. The van der Waals surface area contributed by atoms with Crippen molar-refractivity contribution in [3.63, 3.8) is 0 Å². The Morgan fingerprint density at radius 2 is 2.14 bits per heavy atom. The van der Waals surface area contributed by atoms with Crippen LogP contribution >= 0.6 is 11.3 Å². The Hall–Kier alpha value is -2.62. The van der Waals surface area contributed by atoms with E-state index in [1.165, 1.54) is 11.3 Å². The summed E-state index contributed by atoms with van der Waals surface area (Å²) in [6, 6.07) is 13.5. The average molecular weight is 296 g/mol. The summed E-state index contributed by atoms with van der Waals surface area (Å²) < 4.78 is 2.85. The van der Waals surface area contributed by atoms with Crippen LogP contribution < -0.4 is 11.3 Å². The average Bonchev–Trinajstić information content (AvgIpc) is 3.11. The molecule has 21 heavy (non-hydrogen) atoms. The minimum absolute atomic E-state index is 0.308. The number of nitriles is 1. The van der Waals surface area contributed by atoms with Crippen molar-refractivity contribution in [1.29, 1.82) is 5.26 Å². The third-order valence-electron chi connectivity index (χ3n) is 3.31. The summed E-state index contributed by atoms with van der Waals surface area (Å²) in [4.78, 5) is 12.6. The molecule has 0 saturated carbocycles. The number of hydrogen-bond acceptors (Lipinski definition) is 4. The van der Waals surface area contributed by atoms with E-state index in [4.69, 9.17) is 11.1 Å². The fraction of sp³-hybridized carbons (Fsp3) is 0.0667. The molecule has 0 spiro atoms. The third-order valence-corrected chi connectivity index (χ3v) is 4.52. The molecule has 3 N–H and O–H groups in total. The van der Waals surface area contributed by atoms with Crippen LogP contribution in [0.3, 0.4) is 0 Å². The Kier molecular flexibility index (Phi) is 3.44. The molecule has 3 aromatic rings. The molecule has 104 valence electrons. The number of thiophene rings is 1. The van der Waals surface area contributed by atoms with Gasteiger partial charge in [-0.15, -0.1) is 11.3 Å². The van der Waals surface area contributed by atoms with Gasteiger partial charge in [0.2, 0.25) is 0 Å². The highest BCUT2D eigenvalue weighted by Gasteiger charge is 2.18. The first-order valence-electron chi connectivity index (χ1n) is 6.31. The maximum absolute atomic E-state index is 12.0. The smallest absolute Gasteiger partial charge is 0.275 e. The maximum Gasteiger partial charge on any atom is 0.275 e. The number of amides is 1. The minimum Gasteiger partial charge on any atom is -0.335 e. The summed E-state index contributed by atoms with van der Waals surface area (Å²) in [5.41, 5.74) is 3.63. The SMILES string of the molecule is N#Cc1cccn1Cc1c(C(=O)NN)sc2ccccc12. The Bertz CT molecular complexity index is 856. The van der Waals surface area contributed by atoms with Crippen molar-refractivity contribution >= 4 is 27.3 Å². The van der Waals surface area contributed by atoms with E-state index in [2.05, 4.69) is 11.5 Å². The molecular formula is C15H12N4OS. The Morgan fingerprint density at radius 3 is 2.90 bits per heavy atom. The number of nitrogens with two attached hydrogens (primary N) is 1. The fourth-order valence-corrected chi connectivity index (χ4v) is 3.45. The quantitative estimate of drug-likeness (QED) is 0.441. The lowest BCUT2D eigenvalue weighted by atomic mass is 10.1. The largest absolute Gasteiger partial charge is 0.335 e. The van der Waals surface area contributed by atoms with E-state index in [0.717, 1.165) is 15.6 Å². The number of carbonyl (C=O) groups excluding carboxylic acids is 1. The van der Waals surface area contributed by atoms with Crippen LogP contribution in [-0.2, 0) is 6.54 Å². The molecule has 0 aliphatic carbocycles. The molecule has 6 heteroatoms. The number of hydrogen-bond donors (Lipinski definition) is 2. The van der Waals surface area contributed by atoms with Gasteiger partial charge in [0.25, 0.3) is 5.91 Å². The second-order valence-corrected chi connectivity index (χ2v) is 5.56. The Morgan fingerprint density at radius 1 is 1.33 bits per heavy atom. The second-order valence-electron chi connectivity index (χ2n) is 4.51. The first-order chi connectivity index (χ1) is 10.2. The van der Waals surface area contributed by atoms with Gasteiger partial charge >= 0.3 is 0 Å². The van der Waals surface area contributed by atoms with Gasteiger partial charge in [0.1, 0.15) is 11.8 Å².